The van der Waals surface area contributed by atoms with Gasteiger partial charge in [0.25, 0.3) is 5.91 Å². The fraction of sp³-hybridized carbons (Fsp3) is 0.417. The van der Waals surface area contributed by atoms with E-state index in [0.29, 0.717) is 0 Å². The number of rotatable bonds is 9. The maximum Gasteiger partial charge on any atom is 0.408 e. The third-order valence-electron chi connectivity index (χ3n) is 7.81. The van der Waals surface area contributed by atoms with E-state index >= 15 is 0 Å². The van der Waals surface area contributed by atoms with Crippen molar-refractivity contribution in [2.75, 3.05) is 5.32 Å². The first-order valence-electron chi connectivity index (χ1n) is 15.1. The van der Waals surface area contributed by atoms with Gasteiger partial charge in [-0.15, -0.1) is 0 Å². The van der Waals surface area contributed by atoms with Gasteiger partial charge >= 0.3 is 6.09 Å². The normalized spacial score (nSPS) is 14.7. The number of anilines is 1. The van der Waals surface area contributed by atoms with Crippen LogP contribution in [-0.2, 0) is 20.7 Å². The molecule has 7 heteroatoms. The van der Waals surface area contributed by atoms with Gasteiger partial charge in [-0.05, 0) is 90.0 Å². The van der Waals surface area contributed by atoms with Crippen LogP contribution in [0.25, 0.3) is 0 Å². The highest BCUT2D eigenvalue weighted by molar-refractivity contribution is 6.00. The minimum Gasteiger partial charge on any atom is -0.444 e. The van der Waals surface area contributed by atoms with Crippen molar-refractivity contribution in [1.29, 1.82) is 0 Å². The molecule has 0 spiro atoms. The molecule has 0 radical (unpaired) electrons. The number of alkyl carbamates (subject to hydrolysis) is 1. The molecular weight excluding hydrogens is 538 g/mol. The molecule has 2 atom stereocenters. The second kappa shape index (κ2) is 13.4. The van der Waals surface area contributed by atoms with Crippen LogP contribution in [-0.4, -0.2) is 40.5 Å². The van der Waals surface area contributed by atoms with Gasteiger partial charge in [0.15, 0.2) is 0 Å². The highest BCUT2D eigenvalue weighted by Gasteiger charge is 2.42. The number of hydrogen-bond donors (Lipinski definition) is 2. The number of amides is 3. The van der Waals surface area contributed by atoms with Gasteiger partial charge in [0.1, 0.15) is 17.7 Å². The third kappa shape index (κ3) is 8.25. The van der Waals surface area contributed by atoms with Crippen molar-refractivity contribution >= 4 is 23.6 Å². The molecule has 2 N–H and O–H groups in total. The van der Waals surface area contributed by atoms with Gasteiger partial charge in [0.2, 0.25) is 5.91 Å². The second-order valence-corrected chi connectivity index (χ2v) is 12.8. The third-order valence-corrected chi connectivity index (χ3v) is 7.81. The van der Waals surface area contributed by atoms with Crippen LogP contribution in [0, 0.1) is 27.7 Å². The monoisotopic (exact) mass is 583 g/mol. The minimum atomic E-state index is -0.931. The van der Waals surface area contributed by atoms with Crippen LogP contribution in [0.3, 0.4) is 0 Å². The van der Waals surface area contributed by atoms with Crippen LogP contribution in [0.2, 0.25) is 0 Å². The molecule has 1 fully saturated rings. The highest BCUT2D eigenvalue weighted by atomic mass is 16.6. The van der Waals surface area contributed by atoms with E-state index in [4.69, 9.17) is 4.74 Å². The summed E-state index contributed by atoms with van der Waals surface area (Å²) < 4.78 is 5.57. The smallest absolute Gasteiger partial charge is 0.408 e. The van der Waals surface area contributed by atoms with Crippen LogP contribution in [0.1, 0.15) is 79.5 Å². The molecule has 1 aliphatic rings. The van der Waals surface area contributed by atoms with Gasteiger partial charge in [0, 0.05) is 18.2 Å². The lowest BCUT2D eigenvalue weighted by atomic mass is 9.87. The summed E-state index contributed by atoms with van der Waals surface area (Å²) in [4.78, 5) is 43.9. The predicted octanol–water partition coefficient (Wildman–Crippen LogP) is 7.12. The Bertz CT molecular complexity index is 1420. The molecule has 0 saturated heterocycles. The van der Waals surface area contributed by atoms with Gasteiger partial charge in [-0.3, -0.25) is 9.59 Å². The van der Waals surface area contributed by atoms with E-state index in [0.717, 1.165) is 58.3 Å². The number of benzene rings is 3. The van der Waals surface area contributed by atoms with Crippen molar-refractivity contribution in [3.05, 3.63) is 100 Å². The Kier molecular flexibility index (Phi) is 9.95. The van der Waals surface area contributed by atoms with Crippen molar-refractivity contribution < 1.29 is 19.1 Å². The highest BCUT2D eigenvalue weighted by Crippen LogP contribution is 2.36. The van der Waals surface area contributed by atoms with Crippen molar-refractivity contribution in [3.8, 4) is 0 Å². The molecule has 0 heterocycles. The summed E-state index contributed by atoms with van der Waals surface area (Å²) in [6.45, 7) is 13.3. The standard InChI is InChI=1S/C36H45N3O4/c1-23-19-24(2)21-28(20-23)32(33(40)38-31-25(3)13-11-14-26(31)4)39(29-17-12-18-29)34(41)30(22-27-15-9-8-10-16-27)37-35(42)43-36(5,6)7/h8-11,13-16,19-21,29-30,32H,12,17-18,22H2,1-7H3,(H,37,42)(H,38,40). The van der Waals surface area contributed by atoms with Crippen LogP contribution >= 0.6 is 0 Å². The lowest BCUT2D eigenvalue weighted by molar-refractivity contribution is -0.145. The molecule has 228 valence electrons. The lowest BCUT2D eigenvalue weighted by Gasteiger charge is -2.44. The molecule has 0 aliphatic heterocycles. The first-order valence-corrected chi connectivity index (χ1v) is 15.1. The fourth-order valence-electron chi connectivity index (χ4n) is 5.67. The summed E-state index contributed by atoms with van der Waals surface area (Å²) in [5, 5.41) is 6.03. The zero-order valence-electron chi connectivity index (χ0n) is 26.5. The summed E-state index contributed by atoms with van der Waals surface area (Å²) in [5.41, 5.74) is 5.57. The van der Waals surface area contributed by atoms with Crippen molar-refractivity contribution in [1.82, 2.24) is 10.2 Å². The summed E-state index contributed by atoms with van der Waals surface area (Å²) in [7, 11) is 0. The molecule has 4 rings (SSSR count). The second-order valence-electron chi connectivity index (χ2n) is 12.8. The van der Waals surface area contributed by atoms with E-state index in [2.05, 4.69) is 16.7 Å². The molecular formula is C36H45N3O4. The Morgan fingerprint density at radius 2 is 1.49 bits per heavy atom. The first kappa shape index (κ1) is 31.8. The summed E-state index contributed by atoms with van der Waals surface area (Å²) >= 11 is 0. The summed E-state index contributed by atoms with van der Waals surface area (Å²) in [6, 6.07) is 19.5. The maximum absolute atomic E-state index is 14.7. The van der Waals surface area contributed by atoms with Gasteiger partial charge < -0.3 is 20.3 Å². The topological polar surface area (TPSA) is 87.7 Å². The quantitative estimate of drug-likeness (QED) is 0.281. The van der Waals surface area contributed by atoms with Crippen molar-refractivity contribution in [2.24, 2.45) is 0 Å². The van der Waals surface area contributed by atoms with E-state index in [1.54, 1.807) is 25.7 Å². The van der Waals surface area contributed by atoms with E-state index in [9.17, 15) is 14.4 Å². The number of aryl methyl sites for hydroxylation is 4. The number of nitrogens with one attached hydrogen (secondary N) is 2. The Morgan fingerprint density at radius 3 is 2.02 bits per heavy atom. The number of carbonyl (C=O) groups is 3. The zero-order chi connectivity index (χ0) is 31.3. The molecule has 2 unspecified atom stereocenters. The van der Waals surface area contributed by atoms with Crippen LogP contribution < -0.4 is 10.6 Å². The SMILES string of the molecule is Cc1cc(C)cc(C(C(=O)Nc2c(C)cccc2C)N(C(=O)C(Cc2ccccc2)NC(=O)OC(C)(C)C)C2CCC2)c1. The van der Waals surface area contributed by atoms with E-state index in [-0.39, 0.29) is 24.3 Å². The molecule has 1 saturated carbocycles. The Labute approximate surface area is 256 Å². The Hall–Kier alpha value is -4.13. The number of ether oxygens (including phenoxy) is 1. The van der Waals surface area contributed by atoms with Gasteiger partial charge in [-0.25, -0.2) is 4.79 Å². The summed E-state index contributed by atoms with van der Waals surface area (Å²) in [6.07, 6.45) is 2.14. The maximum atomic E-state index is 14.7. The van der Waals surface area contributed by atoms with E-state index in [1.165, 1.54) is 0 Å². The van der Waals surface area contributed by atoms with E-state index < -0.39 is 23.8 Å². The molecule has 43 heavy (non-hydrogen) atoms. The average Bonchev–Trinajstić information content (AvgIpc) is 2.87. The van der Waals surface area contributed by atoms with Gasteiger partial charge in [0.05, 0.1) is 0 Å². The van der Waals surface area contributed by atoms with Crippen LogP contribution in [0.4, 0.5) is 10.5 Å². The summed E-state index contributed by atoms with van der Waals surface area (Å²) in [5.74, 6) is -0.585. The predicted molar refractivity (Wildman–Crippen MR) is 171 cm³/mol. The van der Waals surface area contributed by atoms with Crippen LogP contribution in [0.15, 0.2) is 66.7 Å². The van der Waals surface area contributed by atoms with Crippen molar-refractivity contribution in [3.63, 3.8) is 0 Å². The average molecular weight is 584 g/mol. The first-order chi connectivity index (χ1) is 20.3. The molecule has 1 aliphatic carbocycles. The van der Waals surface area contributed by atoms with Crippen LogP contribution in [0.5, 0.6) is 0 Å². The number of hydrogen-bond acceptors (Lipinski definition) is 4. The van der Waals surface area contributed by atoms with E-state index in [1.807, 2.05) is 88.4 Å². The van der Waals surface area contributed by atoms with Gasteiger partial charge in [-0.1, -0.05) is 77.9 Å². The number of carbonyl (C=O) groups excluding carboxylic acids is 3. The molecule has 0 aromatic heterocycles. The number of para-hydroxylation sites is 1. The molecule has 0 bridgehead atoms. The minimum absolute atomic E-state index is 0.138. The number of nitrogens with zero attached hydrogens (tertiary/aromatic N) is 1. The molecule has 3 aromatic rings. The van der Waals surface area contributed by atoms with Crippen molar-refractivity contribution in [2.45, 2.75) is 97.9 Å². The largest absolute Gasteiger partial charge is 0.444 e. The van der Waals surface area contributed by atoms with Gasteiger partial charge in [-0.2, -0.15) is 0 Å². The zero-order valence-corrected chi connectivity index (χ0v) is 26.5. The Balaban J connectivity index is 1.79. The molecule has 3 aromatic carbocycles. The lowest BCUT2D eigenvalue weighted by Crippen LogP contribution is -2.57. The molecule has 3 amide bonds. The Morgan fingerprint density at radius 1 is 0.884 bits per heavy atom. The molecule has 7 nitrogen and oxygen atoms in total. The fourth-order valence-corrected chi connectivity index (χ4v) is 5.67.